The molecule has 0 aromatic heterocycles. The average Bonchev–Trinajstić information content (AvgIpc) is 2.71. The van der Waals surface area contributed by atoms with E-state index >= 15 is 0 Å². The van der Waals surface area contributed by atoms with Crippen LogP contribution in [0.1, 0.15) is 18.4 Å². The lowest BCUT2D eigenvalue weighted by Gasteiger charge is -2.19. The first-order valence-corrected chi connectivity index (χ1v) is 9.37. The second-order valence-electron chi connectivity index (χ2n) is 6.27. The van der Waals surface area contributed by atoms with Gasteiger partial charge in [-0.2, -0.15) is 0 Å². The molecule has 0 heterocycles. The van der Waals surface area contributed by atoms with Crippen LogP contribution in [0.25, 0.3) is 0 Å². The van der Waals surface area contributed by atoms with Crippen molar-refractivity contribution < 1.29 is 19.1 Å². The van der Waals surface area contributed by atoms with Crippen LogP contribution in [0.4, 0.5) is 5.69 Å². The maximum atomic E-state index is 12.5. The Hall–Kier alpha value is -2.73. The highest BCUT2D eigenvalue weighted by Gasteiger charge is 2.16. The summed E-state index contributed by atoms with van der Waals surface area (Å²) >= 11 is 6.01. The zero-order valence-electron chi connectivity index (χ0n) is 16.0. The van der Waals surface area contributed by atoms with Crippen LogP contribution in [-0.4, -0.2) is 38.7 Å². The van der Waals surface area contributed by atoms with E-state index in [0.717, 1.165) is 5.56 Å². The number of methoxy groups -OCH3 is 2. The molecule has 0 saturated carbocycles. The second-order valence-corrected chi connectivity index (χ2v) is 6.70. The van der Waals surface area contributed by atoms with Gasteiger partial charge in [0.25, 0.3) is 0 Å². The van der Waals surface area contributed by atoms with E-state index in [4.69, 9.17) is 21.1 Å². The number of ether oxygens (including phenoxy) is 2. The number of halogens is 1. The van der Waals surface area contributed by atoms with Crippen molar-refractivity contribution in [2.24, 2.45) is 0 Å². The largest absolute Gasteiger partial charge is 0.495 e. The van der Waals surface area contributed by atoms with Gasteiger partial charge in [0.1, 0.15) is 5.75 Å². The fourth-order valence-corrected chi connectivity index (χ4v) is 2.96. The van der Waals surface area contributed by atoms with E-state index in [-0.39, 0.29) is 30.9 Å². The van der Waals surface area contributed by atoms with Gasteiger partial charge in [-0.05, 0) is 36.6 Å². The number of nitrogens with one attached hydrogen (secondary N) is 2. The number of hydrogen-bond donors (Lipinski definition) is 2. The predicted molar refractivity (Wildman–Crippen MR) is 110 cm³/mol. The van der Waals surface area contributed by atoms with Gasteiger partial charge in [0.2, 0.25) is 5.91 Å². The van der Waals surface area contributed by atoms with Crippen LogP contribution in [0, 0.1) is 0 Å². The van der Waals surface area contributed by atoms with Gasteiger partial charge in [-0.25, -0.2) is 0 Å². The minimum absolute atomic E-state index is 0.0558. The third kappa shape index (κ3) is 7.12. The Bertz CT molecular complexity index is 783. The summed E-state index contributed by atoms with van der Waals surface area (Å²) in [5.41, 5.74) is 1.72. The normalized spacial score (nSPS) is 11.4. The first kappa shape index (κ1) is 21.6. The van der Waals surface area contributed by atoms with Gasteiger partial charge in [0.05, 0.1) is 26.5 Å². The molecule has 0 spiro atoms. The van der Waals surface area contributed by atoms with Crippen molar-refractivity contribution in [1.82, 2.24) is 5.32 Å². The lowest BCUT2D eigenvalue weighted by atomic mass is 10.0. The van der Waals surface area contributed by atoms with Gasteiger partial charge in [-0.15, -0.1) is 0 Å². The van der Waals surface area contributed by atoms with Crippen LogP contribution < -0.4 is 15.4 Å². The molecule has 1 amide bonds. The Labute approximate surface area is 170 Å². The van der Waals surface area contributed by atoms with Crippen molar-refractivity contribution in [3.63, 3.8) is 0 Å². The molecular formula is C21H25ClN2O4. The third-order valence-corrected chi connectivity index (χ3v) is 4.45. The van der Waals surface area contributed by atoms with Crippen molar-refractivity contribution in [2.45, 2.75) is 25.3 Å². The summed E-state index contributed by atoms with van der Waals surface area (Å²) in [5, 5.41) is 6.57. The Balaban J connectivity index is 1.96. The van der Waals surface area contributed by atoms with Gasteiger partial charge in [-0.3, -0.25) is 9.59 Å². The lowest BCUT2D eigenvalue weighted by Crippen LogP contribution is -2.40. The monoisotopic (exact) mass is 404 g/mol. The molecule has 28 heavy (non-hydrogen) atoms. The molecule has 0 radical (unpaired) electrons. The van der Waals surface area contributed by atoms with Crippen LogP contribution in [0.3, 0.4) is 0 Å². The highest BCUT2D eigenvalue weighted by Crippen LogP contribution is 2.27. The summed E-state index contributed by atoms with van der Waals surface area (Å²) in [6.45, 7) is 0.0558. The van der Waals surface area contributed by atoms with E-state index in [1.807, 2.05) is 30.3 Å². The lowest BCUT2D eigenvalue weighted by molar-refractivity contribution is -0.141. The Morgan fingerprint density at radius 2 is 1.86 bits per heavy atom. The molecule has 0 unspecified atom stereocenters. The highest BCUT2D eigenvalue weighted by molar-refractivity contribution is 6.30. The number of carbonyl (C=O) groups is 2. The van der Waals surface area contributed by atoms with Crippen LogP contribution >= 0.6 is 11.6 Å². The van der Waals surface area contributed by atoms with Crippen LogP contribution in [-0.2, 0) is 20.7 Å². The summed E-state index contributed by atoms with van der Waals surface area (Å²) in [6, 6.07) is 14.8. The number of rotatable bonds is 10. The third-order valence-electron chi connectivity index (χ3n) is 4.22. The molecule has 2 rings (SSSR count). The molecule has 6 nitrogen and oxygen atoms in total. The smallest absolute Gasteiger partial charge is 0.305 e. The SMILES string of the molecule is COC(=O)CC[C@@H](Cc1ccccc1)NC(=O)CNc1cc(Cl)ccc1OC. The number of hydrogen-bond acceptors (Lipinski definition) is 5. The average molecular weight is 405 g/mol. The van der Waals surface area contributed by atoms with E-state index in [2.05, 4.69) is 10.6 Å². The highest BCUT2D eigenvalue weighted by atomic mass is 35.5. The van der Waals surface area contributed by atoms with Crippen molar-refractivity contribution >= 4 is 29.2 Å². The van der Waals surface area contributed by atoms with Gasteiger partial charge in [-0.1, -0.05) is 41.9 Å². The fraction of sp³-hybridized carbons (Fsp3) is 0.333. The van der Waals surface area contributed by atoms with Gasteiger partial charge < -0.3 is 20.1 Å². The Kier molecular flexibility index (Phi) is 8.62. The zero-order valence-corrected chi connectivity index (χ0v) is 16.8. The summed E-state index contributed by atoms with van der Waals surface area (Å²) < 4.78 is 9.97. The second kappa shape index (κ2) is 11.2. The number of carbonyl (C=O) groups excluding carboxylic acids is 2. The molecule has 150 valence electrons. The van der Waals surface area contributed by atoms with Gasteiger partial charge in [0.15, 0.2) is 0 Å². The van der Waals surface area contributed by atoms with E-state index in [0.29, 0.717) is 29.3 Å². The maximum absolute atomic E-state index is 12.5. The standard InChI is InChI=1S/C21H25ClN2O4/c1-27-19-10-8-16(22)13-18(19)23-14-20(25)24-17(9-11-21(26)28-2)12-15-6-4-3-5-7-15/h3-8,10,13,17,23H,9,11-12,14H2,1-2H3,(H,24,25)/t17-/m0/s1. The van der Waals surface area contributed by atoms with Crippen molar-refractivity contribution in [2.75, 3.05) is 26.1 Å². The van der Waals surface area contributed by atoms with Crippen LogP contribution in [0.15, 0.2) is 48.5 Å². The first-order chi connectivity index (χ1) is 13.5. The summed E-state index contributed by atoms with van der Waals surface area (Å²) in [6.07, 6.45) is 1.36. The number of benzene rings is 2. The molecule has 2 aromatic carbocycles. The molecule has 2 N–H and O–H groups in total. The van der Waals surface area contributed by atoms with Crippen LogP contribution in [0.2, 0.25) is 5.02 Å². The summed E-state index contributed by atoms with van der Waals surface area (Å²) in [4.78, 5) is 23.9. The predicted octanol–water partition coefficient (Wildman–Crippen LogP) is 3.44. The van der Waals surface area contributed by atoms with E-state index in [1.54, 1.807) is 25.3 Å². The number of amides is 1. The molecule has 7 heteroatoms. The van der Waals surface area contributed by atoms with Crippen molar-refractivity contribution in [3.05, 3.63) is 59.1 Å². The fourth-order valence-electron chi connectivity index (χ4n) is 2.79. The molecule has 0 fully saturated rings. The maximum Gasteiger partial charge on any atom is 0.305 e. The molecule has 0 aliphatic rings. The van der Waals surface area contributed by atoms with Gasteiger partial charge in [0, 0.05) is 17.5 Å². The summed E-state index contributed by atoms with van der Waals surface area (Å²) in [7, 11) is 2.91. The molecular weight excluding hydrogens is 380 g/mol. The van der Waals surface area contributed by atoms with E-state index < -0.39 is 0 Å². The molecule has 2 aromatic rings. The molecule has 0 saturated heterocycles. The minimum atomic E-state index is -0.297. The Morgan fingerprint density at radius 3 is 2.54 bits per heavy atom. The molecule has 0 bridgehead atoms. The van der Waals surface area contributed by atoms with Crippen molar-refractivity contribution in [1.29, 1.82) is 0 Å². The van der Waals surface area contributed by atoms with Crippen LogP contribution in [0.5, 0.6) is 5.75 Å². The Morgan fingerprint density at radius 1 is 1.11 bits per heavy atom. The number of anilines is 1. The van der Waals surface area contributed by atoms with E-state index in [9.17, 15) is 9.59 Å². The zero-order chi connectivity index (χ0) is 20.4. The molecule has 0 aliphatic heterocycles. The summed E-state index contributed by atoms with van der Waals surface area (Å²) in [5.74, 6) is 0.116. The molecule has 0 aliphatic carbocycles. The topological polar surface area (TPSA) is 76.7 Å². The van der Waals surface area contributed by atoms with Crippen molar-refractivity contribution in [3.8, 4) is 5.75 Å². The van der Waals surface area contributed by atoms with E-state index in [1.165, 1.54) is 7.11 Å². The number of esters is 1. The quantitative estimate of drug-likeness (QED) is 0.593. The molecule has 1 atom stereocenters. The van der Waals surface area contributed by atoms with Gasteiger partial charge >= 0.3 is 5.97 Å². The minimum Gasteiger partial charge on any atom is -0.495 e. The first-order valence-electron chi connectivity index (χ1n) is 8.99.